The number of phenols is 1. The van der Waals surface area contributed by atoms with Crippen molar-refractivity contribution >= 4 is 16.9 Å². The van der Waals surface area contributed by atoms with Crippen molar-refractivity contribution in [2.45, 2.75) is 64.7 Å². The lowest BCUT2D eigenvalue weighted by Gasteiger charge is -2.26. The van der Waals surface area contributed by atoms with Gasteiger partial charge >= 0.3 is 6.16 Å². The largest absolute Gasteiger partial charge is 0.513 e. The Hall–Kier alpha value is -2.23. The lowest BCUT2D eigenvalue weighted by molar-refractivity contribution is 0.0978. The number of ether oxygens (including phenoxy) is 2. The molecule has 0 spiro atoms. The van der Waals surface area contributed by atoms with Crippen LogP contribution in [0.1, 0.15) is 75.0 Å². The van der Waals surface area contributed by atoms with Gasteiger partial charge in [0.15, 0.2) is 0 Å². The maximum Gasteiger partial charge on any atom is 0.513 e. The van der Waals surface area contributed by atoms with E-state index in [9.17, 15) is 9.90 Å². The van der Waals surface area contributed by atoms with Crippen molar-refractivity contribution in [2.75, 3.05) is 6.61 Å². The molecule has 4 nitrogen and oxygen atoms in total. The second-order valence-electron chi connectivity index (χ2n) is 8.04. The molecule has 2 aliphatic rings. The van der Waals surface area contributed by atoms with Crippen LogP contribution < -0.4 is 4.74 Å². The maximum atomic E-state index is 12.3. The molecule has 0 heterocycles. The first-order chi connectivity index (χ1) is 13.0. The highest BCUT2D eigenvalue weighted by Crippen LogP contribution is 2.62. The molecule has 3 atom stereocenters. The van der Waals surface area contributed by atoms with Crippen LogP contribution in [0.4, 0.5) is 4.79 Å². The van der Waals surface area contributed by atoms with Crippen molar-refractivity contribution in [3.8, 4) is 11.5 Å². The number of aryl methyl sites for hydroxylation is 1. The molecule has 1 saturated carbocycles. The Balaban J connectivity index is 1.84. The predicted octanol–water partition coefficient (Wildman–Crippen LogP) is 6.03. The maximum absolute atomic E-state index is 12.3. The highest BCUT2D eigenvalue weighted by Gasteiger charge is 2.46. The van der Waals surface area contributed by atoms with Crippen LogP contribution in [0.25, 0.3) is 10.8 Å². The van der Waals surface area contributed by atoms with E-state index in [1.807, 2.05) is 18.2 Å². The number of hydrogen-bond donors (Lipinski definition) is 1. The minimum absolute atomic E-state index is 0.346. The minimum Gasteiger partial charge on any atom is -0.507 e. The van der Waals surface area contributed by atoms with Crippen molar-refractivity contribution in [3.63, 3.8) is 0 Å². The van der Waals surface area contributed by atoms with Gasteiger partial charge in [0.25, 0.3) is 0 Å². The van der Waals surface area contributed by atoms with E-state index in [0.717, 1.165) is 59.6 Å². The lowest BCUT2D eigenvalue weighted by atomic mass is 9.81. The normalized spacial score (nSPS) is 22.9. The van der Waals surface area contributed by atoms with E-state index in [1.54, 1.807) is 0 Å². The Morgan fingerprint density at radius 3 is 2.74 bits per heavy atom. The zero-order valence-electron chi connectivity index (χ0n) is 16.4. The fourth-order valence-electron chi connectivity index (χ4n) is 4.94. The van der Waals surface area contributed by atoms with Gasteiger partial charge in [-0.25, -0.2) is 4.79 Å². The van der Waals surface area contributed by atoms with Crippen molar-refractivity contribution in [3.05, 3.63) is 34.9 Å². The van der Waals surface area contributed by atoms with Gasteiger partial charge in [-0.1, -0.05) is 39.3 Å². The van der Waals surface area contributed by atoms with Crippen molar-refractivity contribution in [2.24, 2.45) is 5.92 Å². The summed E-state index contributed by atoms with van der Waals surface area (Å²) in [6.07, 6.45) is 4.14. The van der Waals surface area contributed by atoms with E-state index in [2.05, 4.69) is 20.8 Å². The molecule has 2 aliphatic carbocycles. The van der Waals surface area contributed by atoms with Crippen LogP contribution in [0, 0.1) is 5.92 Å². The quantitative estimate of drug-likeness (QED) is 0.397. The van der Waals surface area contributed by atoms with E-state index in [0.29, 0.717) is 35.9 Å². The number of rotatable bonds is 5. The third-order valence-electron chi connectivity index (χ3n) is 6.35. The van der Waals surface area contributed by atoms with E-state index in [4.69, 9.17) is 9.47 Å². The molecule has 4 heteroatoms. The van der Waals surface area contributed by atoms with Crippen molar-refractivity contribution in [1.29, 1.82) is 0 Å². The van der Waals surface area contributed by atoms with E-state index in [1.165, 1.54) is 0 Å². The monoisotopic (exact) mass is 368 g/mol. The number of hydrogen-bond acceptors (Lipinski definition) is 4. The molecule has 4 rings (SSSR count). The predicted molar refractivity (Wildman–Crippen MR) is 106 cm³/mol. The summed E-state index contributed by atoms with van der Waals surface area (Å²) in [5.41, 5.74) is 3.18. The highest BCUT2D eigenvalue weighted by molar-refractivity contribution is 5.98. The van der Waals surface area contributed by atoms with Gasteiger partial charge in [-0.2, -0.15) is 0 Å². The molecule has 0 aliphatic heterocycles. The molecule has 0 radical (unpaired) electrons. The molecular weight excluding hydrogens is 340 g/mol. The van der Waals surface area contributed by atoms with E-state index < -0.39 is 6.16 Å². The summed E-state index contributed by atoms with van der Waals surface area (Å²) in [7, 11) is 0. The Morgan fingerprint density at radius 1 is 1.19 bits per heavy atom. The van der Waals surface area contributed by atoms with E-state index >= 15 is 0 Å². The first kappa shape index (κ1) is 18.1. The third kappa shape index (κ3) is 2.95. The molecule has 144 valence electrons. The van der Waals surface area contributed by atoms with Gasteiger partial charge in [0, 0.05) is 21.9 Å². The number of carbonyl (C=O) groups is 1. The summed E-state index contributed by atoms with van der Waals surface area (Å²) in [5.74, 6) is 2.21. The number of unbranched alkanes of at least 4 members (excludes halogenated alkanes) is 1. The molecule has 0 amide bonds. The van der Waals surface area contributed by atoms with E-state index in [-0.39, 0.29) is 0 Å². The topological polar surface area (TPSA) is 55.8 Å². The van der Waals surface area contributed by atoms with Crippen molar-refractivity contribution < 1.29 is 19.4 Å². The number of benzene rings is 2. The number of phenolic OH excluding ortho intramolecular Hbond substituents is 1. The fraction of sp³-hybridized carbons (Fsp3) is 0.522. The standard InChI is InChI=1S/C23H28O4/c1-4-6-9-26-23(25)27-22-18-11-14(5-2)7-8-16(18)21(24)20-17-12-15(19(20)22)10-13(17)3/h7-8,11,13,15,17,24H,4-6,9-10,12H2,1-3H3. The van der Waals surface area contributed by atoms with Gasteiger partial charge in [0.1, 0.15) is 11.5 Å². The van der Waals surface area contributed by atoms with Gasteiger partial charge in [0.05, 0.1) is 6.61 Å². The zero-order valence-corrected chi connectivity index (χ0v) is 16.4. The lowest BCUT2D eigenvalue weighted by Crippen LogP contribution is -2.15. The van der Waals surface area contributed by atoms with Crippen LogP contribution in [0.2, 0.25) is 0 Å². The van der Waals surface area contributed by atoms with Gasteiger partial charge in [0.2, 0.25) is 0 Å². The summed E-state index contributed by atoms with van der Waals surface area (Å²) in [4.78, 5) is 12.3. The number of aromatic hydroxyl groups is 1. The summed E-state index contributed by atoms with van der Waals surface area (Å²) >= 11 is 0. The third-order valence-corrected chi connectivity index (χ3v) is 6.35. The summed E-state index contributed by atoms with van der Waals surface area (Å²) in [6, 6.07) is 6.03. The fourth-order valence-corrected chi connectivity index (χ4v) is 4.94. The summed E-state index contributed by atoms with van der Waals surface area (Å²) in [6.45, 7) is 6.77. The molecule has 2 bridgehead atoms. The van der Waals surface area contributed by atoms with Crippen LogP contribution in [-0.2, 0) is 11.2 Å². The number of carbonyl (C=O) groups excluding carboxylic acids is 1. The molecule has 1 N–H and O–H groups in total. The van der Waals surface area contributed by atoms with Crippen LogP contribution in [0.3, 0.4) is 0 Å². The Labute approximate surface area is 160 Å². The molecule has 27 heavy (non-hydrogen) atoms. The molecule has 2 aromatic rings. The summed E-state index contributed by atoms with van der Waals surface area (Å²) < 4.78 is 11.0. The average Bonchev–Trinajstić information content (AvgIpc) is 3.22. The molecule has 2 aromatic carbocycles. The van der Waals surface area contributed by atoms with Crippen molar-refractivity contribution in [1.82, 2.24) is 0 Å². The SMILES string of the molecule is CCCCOC(=O)Oc1c2c(c(O)c3ccc(CC)cc13)C1CC2CC1C. The molecule has 0 saturated heterocycles. The molecular formula is C23H28O4. The molecule has 3 unspecified atom stereocenters. The van der Waals surface area contributed by atoms with Crippen LogP contribution in [0.15, 0.2) is 18.2 Å². The average molecular weight is 368 g/mol. The first-order valence-electron chi connectivity index (χ1n) is 10.2. The van der Waals surface area contributed by atoms with Gasteiger partial charge in [-0.15, -0.1) is 0 Å². The second-order valence-corrected chi connectivity index (χ2v) is 8.04. The molecule has 0 aromatic heterocycles. The Morgan fingerprint density at radius 2 is 2.00 bits per heavy atom. The van der Waals surface area contributed by atoms with Crippen LogP contribution in [0.5, 0.6) is 11.5 Å². The highest BCUT2D eigenvalue weighted by atomic mass is 16.7. The number of fused-ring (bicyclic) bond motifs is 6. The smallest absolute Gasteiger partial charge is 0.507 e. The van der Waals surface area contributed by atoms with Gasteiger partial charge in [-0.05, 0) is 55.1 Å². The second kappa shape index (κ2) is 7.06. The summed E-state index contributed by atoms with van der Waals surface area (Å²) in [5, 5.41) is 12.6. The Kier molecular flexibility index (Phi) is 4.75. The first-order valence-corrected chi connectivity index (χ1v) is 10.2. The molecule has 1 fully saturated rings. The van der Waals surface area contributed by atoms with Gasteiger partial charge in [-0.3, -0.25) is 0 Å². The zero-order chi connectivity index (χ0) is 19.1. The van der Waals surface area contributed by atoms with Crippen LogP contribution >= 0.6 is 0 Å². The van der Waals surface area contributed by atoms with Crippen LogP contribution in [-0.4, -0.2) is 17.9 Å². The minimum atomic E-state index is -0.643. The van der Waals surface area contributed by atoms with Gasteiger partial charge < -0.3 is 14.6 Å². The Bertz CT molecular complexity index is 886.